The average molecular weight is 257 g/mol. The van der Waals surface area contributed by atoms with E-state index in [1.54, 1.807) is 23.4 Å². The zero-order valence-electron chi connectivity index (χ0n) is 10.8. The zero-order chi connectivity index (χ0) is 13.2. The molecule has 98 valence electrons. The SMILES string of the molecule is CCC(Nc1ncnc2c1cnn2C)c1ncc[nH]1. The number of aromatic nitrogens is 6. The highest BCUT2D eigenvalue weighted by molar-refractivity contribution is 5.86. The number of rotatable bonds is 4. The number of anilines is 1. The molecule has 0 amide bonds. The summed E-state index contributed by atoms with van der Waals surface area (Å²) in [5.41, 5.74) is 0.812. The topological polar surface area (TPSA) is 84.3 Å². The highest BCUT2D eigenvalue weighted by atomic mass is 15.3. The second kappa shape index (κ2) is 4.68. The third kappa shape index (κ3) is 2.03. The van der Waals surface area contributed by atoms with Gasteiger partial charge in [-0.15, -0.1) is 0 Å². The van der Waals surface area contributed by atoms with Gasteiger partial charge in [0, 0.05) is 19.4 Å². The Balaban J connectivity index is 1.96. The average Bonchev–Trinajstić information content (AvgIpc) is 3.07. The Labute approximate surface area is 110 Å². The van der Waals surface area contributed by atoms with Crippen molar-refractivity contribution in [3.8, 4) is 0 Å². The Morgan fingerprint density at radius 1 is 1.37 bits per heavy atom. The van der Waals surface area contributed by atoms with Crippen molar-refractivity contribution in [1.82, 2.24) is 29.7 Å². The van der Waals surface area contributed by atoms with Gasteiger partial charge in [-0.3, -0.25) is 4.68 Å². The van der Waals surface area contributed by atoms with Crippen molar-refractivity contribution in [1.29, 1.82) is 0 Å². The first-order chi connectivity index (χ1) is 9.29. The third-order valence-electron chi connectivity index (χ3n) is 3.10. The second-order valence-electron chi connectivity index (χ2n) is 4.31. The smallest absolute Gasteiger partial charge is 0.163 e. The number of H-pyrrole nitrogens is 1. The molecule has 19 heavy (non-hydrogen) atoms. The van der Waals surface area contributed by atoms with Gasteiger partial charge in [-0.25, -0.2) is 15.0 Å². The van der Waals surface area contributed by atoms with Crippen molar-refractivity contribution in [2.75, 3.05) is 5.32 Å². The monoisotopic (exact) mass is 257 g/mol. The molecule has 3 aromatic rings. The molecule has 3 rings (SSSR count). The minimum absolute atomic E-state index is 0.0910. The minimum atomic E-state index is 0.0910. The van der Waals surface area contributed by atoms with Gasteiger partial charge in [0.15, 0.2) is 5.65 Å². The predicted octanol–water partition coefficient (Wildman–Crippen LogP) is 1.65. The lowest BCUT2D eigenvalue weighted by atomic mass is 10.2. The molecule has 0 radical (unpaired) electrons. The minimum Gasteiger partial charge on any atom is -0.359 e. The van der Waals surface area contributed by atoms with Gasteiger partial charge in [-0.05, 0) is 6.42 Å². The lowest BCUT2D eigenvalue weighted by molar-refractivity contribution is 0.701. The molecule has 0 aromatic carbocycles. The van der Waals surface area contributed by atoms with Gasteiger partial charge in [0.25, 0.3) is 0 Å². The van der Waals surface area contributed by atoms with Crippen LogP contribution in [0.2, 0.25) is 0 Å². The summed E-state index contributed by atoms with van der Waals surface area (Å²) in [6, 6.07) is 0.0910. The molecule has 0 bridgehead atoms. The van der Waals surface area contributed by atoms with Crippen LogP contribution in [0.5, 0.6) is 0 Å². The third-order valence-corrected chi connectivity index (χ3v) is 3.10. The van der Waals surface area contributed by atoms with Gasteiger partial charge < -0.3 is 10.3 Å². The van der Waals surface area contributed by atoms with E-state index in [4.69, 9.17) is 0 Å². The molecular formula is C12H15N7. The molecule has 0 saturated heterocycles. The summed E-state index contributed by atoms with van der Waals surface area (Å²) in [6.07, 6.45) is 7.78. The van der Waals surface area contributed by atoms with Crippen molar-refractivity contribution in [3.63, 3.8) is 0 Å². The van der Waals surface area contributed by atoms with Crippen LogP contribution in [-0.4, -0.2) is 29.7 Å². The van der Waals surface area contributed by atoms with E-state index < -0.39 is 0 Å². The quantitative estimate of drug-likeness (QED) is 0.742. The number of imidazole rings is 1. The van der Waals surface area contributed by atoms with Gasteiger partial charge >= 0.3 is 0 Å². The number of aryl methyl sites for hydroxylation is 1. The molecule has 1 atom stereocenters. The zero-order valence-corrected chi connectivity index (χ0v) is 10.8. The lowest BCUT2D eigenvalue weighted by Gasteiger charge is -2.15. The molecule has 3 aromatic heterocycles. The lowest BCUT2D eigenvalue weighted by Crippen LogP contribution is -2.12. The molecule has 7 heteroatoms. The Hall–Kier alpha value is -2.44. The largest absolute Gasteiger partial charge is 0.359 e. The van der Waals surface area contributed by atoms with Crippen LogP contribution in [0.15, 0.2) is 24.9 Å². The second-order valence-corrected chi connectivity index (χ2v) is 4.31. The summed E-state index contributed by atoms with van der Waals surface area (Å²) in [6.45, 7) is 2.10. The number of nitrogens with zero attached hydrogens (tertiary/aromatic N) is 5. The van der Waals surface area contributed by atoms with Crippen molar-refractivity contribution in [2.45, 2.75) is 19.4 Å². The van der Waals surface area contributed by atoms with E-state index in [0.29, 0.717) is 0 Å². The maximum Gasteiger partial charge on any atom is 0.163 e. The van der Waals surface area contributed by atoms with Gasteiger partial charge in [0.1, 0.15) is 18.0 Å². The number of hydrogen-bond acceptors (Lipinski definition) is 5. The fourth-order valence-electron chi connectivity index (χ4n) is 2.07. The van der Waals surface area contributed by atoms with Gasteiger partial charge in [-0.1, -0.05) is 6.92 Å². The molecule has 3 heterocycles. The highest BCUT2D eigenvalue weighted by Gasteiger charge is 2.15. The number of hydrogen-bond donors (Lipinski definition) is 2. The first-order valence-electron chi connectivity index (χ1n) is 6.18. The summed E-state index contributed by atoms with van der Waals surface area (Å²) in [5.74, 6) is 1.68. The first kappa shape index (κ1) is 11.6. The highest BCUT2D eigenvalue weighted by Crippen LogP contribution is 2.23. The van der Waals surface area contributed by atoms with E-state index in [9.17, 15) is 0 Å². The number of nitrogens with one attached hydrogen (secondary N) is 2. The molecule has 2 N–H and O–H groups in total. The van der Waals surface area contributed by atoms with Crippen molar-refractivity contribution >= 4 is 16.9 Å². The summed E-state index contributed by atoms with van der Waals surface area (Å²) >= 11 is 0. The van der Waals surface area contributed by atoms with E-state index in [2.05, 4.69) is 37.3 Å². The van der Waals surface area contributed by atoms with Crippen LogP contribution in [0.1, 0.15) is 25.2 Å². The molecule has 0 spiro atoms. The summed E-state index contributed by atoms with van der Waals surface area (Å²) in [7, 11) is 1.86. The van der Waals surface area contributed by atoms with Crippen molar-refractivity contribution in [3.05, 3.63) is 30.7 Å². The first-order valence-corrected chi connectivity index (χ1v) is 6.18. The Morgan fingerprint density at radius 2 is 2.26 bits per heavy atom. The van der Waals surface area contributed by atoms with Crippen LogP contribution in [0.25, 0.3) is 11.0 Å². The van der Waals surface area contributed by atoms with E-state index in [-0.39, 0.29) is 6.04 Å². The van der Waals surface area contributed by atoms with Crippen LogP contribution < -0.4 is 5.32 Å². The molecule has 7 nitrogen and oxygen atoms in total. The van der Waals surface area contributed by atoms with E-state index in [0.717, 1.165) is 29.1 Å². The maximum atomic E-state index is 4.30. The van der Waals surface area contributed by atoms with Crippen LogP contribution in [0.4, 0.5) is 5.82 Å². The molecule has 0 aliphatic heterocycles. The molecule has 0 saturated carbocycles. The fraction of sp³-hybridized carbons (Fsp3) is 0.333. The van der Waals surface area contributed by atoms with Crippen molar-refractivity contribution < 1.29 is 0 Å². The Morgan fingerprint density at radius 3 is 3.00 bits per heavy atom. The standard InChI is InChI=1S/C12H15N7/c1-3-9(11-13-4-5-14-11)18-10-8-6-17-19(2)12(8)16-7-15-10/h4-7,9H,3H2,1-2H3,(H,13,14)(H,15,16,18). The molecule has 1 unspecified atom stereocenters. The van der Waals surface area contributed by atoms with Crippen LogP contribution >= 0.6 is 0 Å². The molecule has 0 fully saturated rings. The summed E-state index contributed by atoms with van der Waals surface area (Å²) in [4.78, 5) is 15.9. The van der Waals surface area contributed by atoms with E-state index in [1.807, 2.05) is 13.2 Å². The summed E-state index contributed by atoms with van der Waals surface area (Å²) in [5, 5.41) is 8.50. The predicted molar refractivity (Wildman–Crippen MR) is 71.5 cm³/mol. The van der Waals surface area contributed by atoms with Gasteiger partial charge in [-0.2, -0.15) is 5.10 Å². The fourth-order valence-corrected chi connectivity index (χ4v) is 2.07. The normalized spacial score (nSPS) is 12.7. The van der Waals surface area contributed by atoms with Crippen LogP contribution in [0.3, 0.4) is 0 Å². The molecule has 0 aliphatic carbocycles. The maximum absolute atomic E-state index is 4.30. The van der Waals surface area contributed by atoms with Crippen LogP contribution in [0, 0.1) is 0 Å². The molecular weight excluding hydrogens is 242 g/mol. The number of fused-ring (bicyclic) bond motifs is 1. The Bertz CT molecular complexity index is 671. The Kier molecular flexibility index (Phi) is 2.86. The molecule has 0 aliphatic rings. The van der Waals surface area contributed by atoms with E-state index in [1.165, 1.54) is 0 Å². The van der Waals surface area contributed by atoms with E-state index >= 15 is 0 Å². The van der Waals surface area contributed by atoms with Gasteiger partial charge in [0.2, 0.25) is 0 Å². The summed E-state index contributed by atoms with van der Waals surface area (Å²) < 4.78 is 1.73. The number of aromatic amines is 1. The van der Waals surface area contributed by atoms with Crippen molar-refractivity contribution in [2.24, 2.45) is 7.05 Å². The van der Waals surface area contributed by atoms with Crippen LogP contribution in [-0.2, 0) is 7.05 Å². The van der Waals surface area contributed by atoms with Gasteiger partial charge in [0.05, 0.1) is 17.6 Å².